The van der Waals surface area contributed by atoms with E-state index in [0.29, 0.717) is 6.42 Å². The molecule has 0 N–H and O–H groups in total. The van der Waals surface area contributed by atoms with Crippen molar-refractivity contribution < 1.29 is 9.53 Å². The van der Waals surface area contributed by atoms with Gasteiger partial charge >= 0.3 is 5.97 Å². The predicted molar refractivity (Wildman–Crippen MR) is 40.6 cm³/mol. The summed E-state index contributed by atoms with van der Waals surface area (Å²) in [7, 11) is 1.39. The van der Waals surface area contributed by atoms with Crippen LogP contribution < -0.4 is 0 Å². The van der Waals surface area contributed by atoms with Gasteiger partial charge in [0.25, 0.3) is 0 Å². The molecule has 0 aliphatic carbocycles. The molecule has 0 radical (unpaired) electrons. The van der Waals surface area contributed by atoms with Crippen LogP contribution in [0.4, 0.5) is 0 Å². The monoisotopic (exact) mass is 140 g/mol. The number of ether oxygens (including phenoxy) is 1. The van der Waals surface area contributed by atoms with E-state index in [1.54, 1.807) is 6.08 Å². The maximum absolute atomic E-state index is 10.5. The second-order valence-corrected chi connectivity index (χ2v) is 1.78. The lowest BCUT2D eigenvalue weighted by Gasteiger charge is -1.92. The minimum absolute atomic E-state index is 0.172. The molecular weight excluding hydrogens is 128 g/mol. The average molecular weight is 140 g/mol. The van der Waals surface area contributed by atoms with Crippen LogP contribution in [0.3, 0.4) is 0 Å². The molecule has 0 aliphatic rings. The van der Waals surface area contributed by atoms with Crippen molar-refractivity contribution in [3.8, 4) is 0 Å². The van der Waals surface area contributed by atoms with Gasteiger partial charge in [-0.05, 0) is 6.42 Å². The molecule has 0 bridgehead atoms. The van der Waals surface area contributed by atoms with Crippen LogP contribution in [-0.4, -0.2) is 13.1 Å². The lowest BCUT2D eigenvalue weighted by atomic mass is 10.3. The minimum Gasteiger partial charge on any atom is -0.469 e. The van der Waals surface area contributed by atoms with Gasteiger partial charge in [0.2, 0.25) is 0 Å². The van der Waals surface area contributed by atoms with E-state index in [1.807, 2.05) is 12.2 Å². The highest BCUT2D eigenvalue weighted by molar-refractivity contribution is 5.69. The molecule has 0 rings (SSSR count). The molecule has 0 spiro atoms. The first kappa shape index (κ1) is 8.95. The van der Waals surface area contributed by atoms with E-state index in [0.717, 1.165) is 6.42 Å². The van der Waals surface area contributed by atoms with Crippen molar-refractivity contribution in [3.05, 3.63) is 24.8 Å². The highest BCUT2D eigenvalue weighted by Crippen LogP contribution is 1.92. The van der Waals surface area contributed by atoms with Gasteiger partial charge in [-0.1, -0.05) is 24.8 Å². The molecular formula is C8H12O2. The maximum atomic E-state index is 10.5. The summed E-state index contributed by atoms with van der Waals surface area (Å²) in [5, 5.41) is 0. The van der Waals surface area contributed by atoms with Crippen LogP contribution in [0.2, 0.25) is 0 Å². The summed E-state index contributed by atoms with van der Waals surface area (Å²) in [6.45, 7) is 3.49. The van der Waals surface area contributed by atoms with Crippen LogP contribution in [0, 0.1) is 0 Å². The smallest absolute Gasteiger partial charge is 0.305 e. The molecule has 0 amide bonds. The Hall–Kier alpha value is -1.05. The van der Waals surface area contributed by atoms with Crippen molar-refractivity contribution in [1.82, 2.24) is 0 Å². The zero-order valence-corrected chi connectivity index (χ0v) is 6.17. The number of allylic oxidation sites excluding steroid dienone is 3. The first-order valence-electron chi connectivity index (χ1n) is 3.15. The van der Waals surface area contributed by atoms with E-state index in [-0.39, 0.29) is 5.97 Å². The summed E-state index contributed by atoms with van der Waals surface area (Å²) >= 11 is 0. The number of hydrogen-bond acceptors (Lipinski definition) is 2. The van der Waals surface area contributed by atoms with Gasteiger partial charge in [0, 0.05) is 6.42 Å². The Bertz CT molecular complexity index is 136. The summed E-state index contributed by atoms with van der Waals surface area (Å²) in [5.74, 6) is -0.172. The number of carbonyl (C=O) groups is 1. The van der Waals surface area contributed by atoms with Crippen molar-refractivity contribution in [3.63, 3.8) is 0 Å². The molecule has 0 saturated heterocycles. The number of carbonyl (C=O) groups excluding carboxylic acids is 1. The summed E-state index contributed by atoms with van der Waals surface area (Å²) < 4.78 is 4.43. The molecule has 0 aromatic carbocycles. The predicted octanol–water partition coefficient (Wildman–Crippen LogP) is 1.68. The zero-order chi connectivity index (χ0) is 7.82. The molecule has 0 aromatic rings. The Balaban J connectivity index is 3.27. The topological polar surface area (TPSA) is 26.3 Å². The molecule has 0 aromatic heterocycles. The first-order chi connectivity index (χ1) is 4.81. The number of esters is 1. The number of hydrogen-bond donors (Lipinski definition) is 0. The molecule has 0 aliphatic heterocycles. The highest BCUT2D eigenvalue weighted by atomic mass is 16.5. The standard InChI is InChI=1S/C8H12O2/c1-3-4-5-6-7-8(9)10-2/h3-5H,1,6-7H2,2H3/b5-4+. The second kappa shape index (κ2) is 6.08. The van der Waals surface area contributed by atoms with Gasteiger partial charge in [-0.3, -0.25) is 4.79 Å². The van der Waals surface area contributed by atoms with Gasteiger partial charge in [-0.25, -0.2) is 0 Å². The third-order valence-electron chi connectivity index (χ3n) is 1.01. The van der Waals surface area contributed by atoms with Gasteiger partial charge in [0.15, 0.2) is 0 Å². The van der Waals surface area contributed by atoms with Crippen LogP contribution >= 0.6 is 0 Å². The Morgan fingerprint density at radius 1 is 1.70 bits per heavy atom. The highest BCUT2D eigenvalue weighted by Gasteiger charge is 1.94. The molecule has 0 fully saturated rings. The summed E-state index contributed by atoms with van der Waals surface area (Å²) in [6.07, 6.45) is 6.53. The second-order valence-electron chi connectivity index (χ2n) is 1.78. The maximum Gasteiger partial charge on any atom is 0.305 e. The van der Waals surface area contributed by atoms with E-state index < -0.39 is 0 Å². The van der Waals surface area contributed by atoms with Crippen LogP contribution in [0.1, 0.15) is 12.8 Å². The Morgan fingerprint density at radius 3 is 2.90 bits per heavy atom. The lowest BCUT2D eigenvalue weighted by molar-refractivity contribution is -0.140. The summed E-state index contributed by atoms with van der Waals surface area (Å²) in [4.78, 5) is 10.5. The van der Waals surface area contributed by atoms with Crippen LogP contribution in [0.15, 0.2) is 24.8 Å². The van der Waals surface area contributed by atoms with Crippen LogP contribution in [-0.2, 0) is 9.53 Å². The van der Waals surface area contributed by atoms with E-state index in [2.05, 4.69) is 11.3 Å². The van der Waals surface area contributed by atoms with Crippen molar-refractivity contribution in [1.29, 1.82) is 0 Å². The van der Waals surface area contributed by atoms with Gasteiger partial charge in [0.05, 0.1) is 7.11 Å². The summed E-state index contributed by atoms with van der Waals surface area (Å²) in [5.41, 5.74) is 0. The van der Waals surface area contributed by atoms with Crippen LogP contribution in [0.5, 0.6) is 0 Å². The van der Waals surface area contributed by atoms with Gasteiger partial charge in [0.1, 0.15) is 0 Å². The quantitative estimate of drug-likeness (QED) is 0.438. The largest absolute Gasteiger partial charge is 0.469 e. The van der Waals surface area contributed by atoms with E-state index in [1.165, 1.54) is 7.11 Å². The molecule has 0 heterocycles. The average Bonchev–Trinajstić information content (AvgIpc) is 1.98. The Morgan fingerprint density at radius 2 is 2.40 bits per heavy atom. The number of rotatable bonds is 4. The fraction of sp³-hybridized carbons (Fsp3) is 0.375. The van der Waals surface area contributed by atoms with E-state index >= 15 is 0 Å². The fourth-order valence-electron chi connectivity index (χ4n) is 0.496. The Labute approximate surface area is 61.2 Å². The molecule has 0 atom stereocenters. The van der Waals surface area contributed by atoms with Gasteiger partial charge in [-0.2, -0.15) is 0 Å². The summed E-state index contributed by atoms with van der Waals surface area (Å²) in [6, 6.07) is 0. The third kappa shape index (κ3) is 5.09. The van der Waals surface area contributed by atoms with Crippen LogP contribution in [0.25, 0.3) is 0 Å². The molecule has 10 heavy (non-hydrogen) atoms. The van der Waals surface area contributed by atoms with Crippen molar-refractivity contribution in [2.24, 2.45) is 0 Å². The molecule has 2 heteroatoms. The lowest BCUT2D eigenvalue weighted by Crippen LogP contribution is -1.97. The zero-order valence-electron chi connectivity index (χ0n) is 6.17. The third-order valence-corrected chi connectivity index (χ3v) is 1.01. The minimum atomic E-state index is -0.172. The normalized spacial score (nSPS) is 9.70. The fourth-order valence-corrected chi connectivity index (χ4v) is 0.496. The molecule has 0 unspecified atom stereocenters. The van der Waals surface area contributed by atoms with Crippen molar-refractivity contribution in [2.75, 3.05) is 7.11 Å². The van der Waals surface area contributed by atoms with Gasteiger partial charge < -0.3 is 4.74 Å². The van der Waals surface area contributed by atoms with E-state index in [9.17, 15) is 4.79 Å². The SMILES string of the molecule is C=C/C=C/CCC(=O)OC. The first-order valence-corrected chi connectivity index (χ1v) is 3.15. The van der Waals surface area contributed by atoms with E-state index in [4.69, 9.17) is 0 Å². The molecule has 2 nitrogen and oxygen atoms in total. The molecule has 0 saturated carbocycles. The Kier molecular flexibility index (Phi) is 5.44. The molecule has 56 valence electrons. The van der Waals surface area contributed by atoms with Crippen molar-refractivity contribution >= 4 is 5.97 Å². The number of methoxy groups -OCH3 is 1. The van der Waals surface area contributed by atoms with Crippen molar-refractivity contribution in [2.45, 2.75) is 12.8 Å². The van der Waals surface area contributed by atoms with Gasteiger partial charge in [-0.15, -0.1) is 0 Å².